The van der Waals surface area contributed by atoms with Crippen LogP contribution in [0, 0.1) is 12.8 Å². The molecule has 0 amide bonds. The Balaban J connectivity index is 2.19. The molecule has 1 heterocycles. The van der Waals surface area contributed by atoms with Crippen LogP contribution in [0.15, 0.2) is 24.5 Å². The summed E-state index contributed by atoms with van der Waals surface area (Å²) in [7, 11) is 1.97. The summed E-state index contributed by atoms with van der Waals surface area (Å²) in [6.07, 6.45) is 2.45. The molecule has 0 bridgehead atoms. The molecule has 4 nitrogen and oxygen atoms in total. The zero-order valence-corrected chi connectivity index (χ0v) is 13.9. The summed E-state index contributed by atoms with van der Waals surface area (Å²) in [5.74, 6) is 1.56. The maximum absolute atomic E-state index is 6.11. The lowest BCUT2D eigenvalue weighted by atomic mass is 10.0. The molecule has 5 heteroatoms. The first kappa shape index (κ1) is 16.0. The minimum absolute atomic E-state index is 0.205. The van der Waals surface area contributed by atoms with Gasteiger partial charge in [0.15, 0.2) is 0 Å². The Labute approximate surface area is 131 Å². The van der Waals surface area contributed by atoms with Crippen molar-refractivity contribution in [3.63, 3.8) is 0 Å². The van der Waals surface area contributed by atoms with E-state index in [1.54, 1.807) is 6.33 Å². The average Bonchev–Trinajstić information content (AvgIpc) is 2.85. The fraction of sp³-hybridized carbons (Fsp3) is 0.500. The van der Waals surface area contributed by atoms with E-state index in [1.807, 2.05) is 24.7 Å². The van der Waals surface area contributed by atoms with Gasteiger partial charge in [0.1, 0.15) is 12.2 Å². The molecule has 1 aromatic heterocycles. The Bertz CT molecular complexity index is 592. The second kappa shape index (κ2) is 7.05. The van der Waals surface area contributed by atoms with E-state index >= 15 is 0 Å². The van der Waals surface area contributed by atoms with Crippen LogP contribution in [-0.4, -0.2) is 21.8 Å². The normalized spacial score (nSPS) is 12.9. The van der Waals surface area contributed by atoms with Crippen LogP contribution in [0.4, 0.5) is 0 Å². The van der Waals surface area contributed by atoms with Crippen molar-refractivity contribution in [3.8, 4) is 0 Å². The first-order valence-corrected chi connectivity index (χ1v) is 7.69. The van der Waals surface area contributed by atoms with Gasteiger partial charge in [0.2, 0.25) is 0 Å². The second-order valence-corrected chi connectivity index (χ2v) is 6.21. The molecule has 1 aromatic carbocycles. The predicted octanol–water partition coefficient (Wildman–Crippen LogP) is 3.40. The lowest BCUT2D eigenvalue weighted by Gasteiger charge is -2.18. The molecule has 2 aromatic rings. The first-order valence-electron chi connectivity index (χ1n) is 7.31. The number of halogens is 1. The largest absolute Gasteiger partial charge is 0.313 e. The lowest BCUT2D eigenvalue weighted by molar-refractivity contribution is 0.451. The number of hydrogen-bond donors (Lipinski definition) is 1. The standard InChI is InChI=1S/C16H23ClN4/c1-11(2)9-21-16(19-10-20-21)8-15(18-4)13-5-6-14(17)12(3)7-13/h5-7,10-11,15,18H,8-9H2,1-4H3. The van der Waals surface area contributed by atoms with E-state index in [4.69, 9.17) is 11.6 Å². The van der Waals surface area contributed by atoms with E-state index in [9.17, 15) is 0 Å². The third kappa shape index (κ3) is 4.05. The van der Waals surface area contributed by atoms with Gasteiger partial charge >= 0.3 is 0 Å². The molecule has 1 unspecified atom stereocenters. The van der Waals surface area contributed by atoms with E-state index < -0.39 is 0 Å². The van der Waals surface area contributed by atoms with Crippen LogP contribution in [0.2, 0.25) is 5.02 Å². The molecule has 1 N–H and O–H groups in total. The van der Waals surface area contributed by atoms with Gasteiger partial charge in [-0.15, -0.1) is 0 Å². The number of rotatable bonds is 6. The van der Waals surface area contributed by atoms with Crippen LogP contribution >= 0.6 is 11.6 Å². The van der Waals surface area contributed by atoms with Crippen LogP contribution in [0.1, 0.15) is 36.8 Å². The summed E-state index contributed by atoms with van der Waals surface area (Å²) in [5.41, 5.74) is 2.32. The summed E-state index contributed by atoms with van der Waals surface area (Å²) in [5, 5.41) is 8.49. The van der Waals surface area contributed by atoms with Gasteiger partial charge < -0.3 is 5.32 Å². The van der Waals surface area contributed by atoms with Crippen LogP contribution in [0.3, 0.4) is 0 Å². The van der Waals surface area contributed by atoms with Crippen LogP contribution in [-0.2, 0) is 13.0 Å². The molecule has 0 fully saturated rings. The molecular weight excluding hydrogens is 284 g/mol. The van der Waals surface area contributed by atoms with Gasteiger partial charge in [0, 0.05) is 24.0 Å². The quantitative estimate of drug-likeness (QED) is 0.889. The molecular formula is C16H23ClN4. The van der Waals surface area contributed by atoms with Crippen molar-refractivity contribution in [3.05, 3.63) is 46.5 Å². The fourth-order valence-electron chi connectivity index (χ4n) is 2.40. The number of aryl methyl sites for hydroxylation is 1. The van der Waals surface area contributed by atoms with Crippen LogP contribution in [0.5, 0.6) is 0 Å². The molecule has 0 aliphatic carbocycles. The lowest BCUT2D eigenvalue weighted by Crippen LogP contribution is -2.22. The highest BCUT2D eigenvalue weighted by atomic mass is 35.5. The topological polar surface area (TPSA) is 42.7 Å². The van der Waals surface area contributed by atoms with Crippen molar-refractivity contribution in [1.82, 2.24) is 20.1 Å². The number of likely N-dealkylation sites (N-methyl/N-ethyl adjacent to an activating group) is 1. The molecule has 114 valence electrons. The van der Waals surface area contributed by atoms with Crippen LogP contribution in [0.25, 0.3) is 0 Å². The van der Waals surface area contributed by atoms with Gasteiger partial charge in [-0.2, -0.15) is 5.10 Å². The number of nitrogens with one attached hydrogen (secondary N) is 1. The molecule has 0 spiro atoms. The van der Waals surface area contributed by atoms with E-state index in [-0.39, 0.29) is 6.04 Å². The highest BCUT2D eigenvalue weighted by Gasteiger charge is 2.15. The highest BCUT2D eigenvalue weighted by Crippen LogP contribution is 2.23. The molecule has 0 aliphatic heterocycles. The zero-order valence-electron chi connectivity index (χ0n) is 13.1. The number of hydrogen-bond acceptors (Lipinski definition) is 3. The third-order valence-corrected chi connectivity index (χ3v) is 3.98. The van der Waals surface area contributed by atoms with Crippen LogP contribution < -0.4 is 5.32 Å². The van der Waals surface area contributed by atoms with Crippen molar-refractivity contribution in [2.75, 3.05) is 7.05 Å². The molecule has 1 atom stereocenters. The Kier molecular flexibility index (Phi) is 5.37. The van der Waals surface area contributed by atoms with Crippen molar-refractivity contribution < 1.29 is 0 Å². The second-order valence-electron chi connectivity index (χ2n) is 5.81. The summed E-state index contributed by atoms with van der Waals surface area (Å²) >= 11 is 6.11. The van der Waals surface area contributed by atoms with Gasteiger partial charge in [0.25, 0.3) is 0 Å². The zero-order chi connectivity index (χ0) is 15.4. The smallest absolute Gasteiger partial charge is 0.138 e. The summed E-state index contributed by atoms with van der Waals surface area (Å²) in [4.78, 5) is 4.41. The van der Waals surface area contributed by atoms with E-state index in [0.29, 0.717) is 5.92 Å². The van der Waals surface area contributed by atoms with Crippen molar-refractivity contribution in [1.29, 1.82) is 0 Å². The highest BCUT2D eigenvalue weighted by molar-refractivity contribution is 6.31. The molecule has 0 saturated carbocycles. The van der Waals surface area contributed by atoms with E-state index in [1.165, 1.54) is 5.56 Å². The van der Waals surface area contributed by atoms with Crippen molar-refractivity contribution in [2.24, 2.45) is 5.92 Å². The minimum Gasteiger partial charge on any atom is -0.313 e. The number of aromatic nitrogens is 3. The number of benzene rings is 1. The maximum atomic E-state index is 6.11. The molecule has 0 radical (unpaired) electrons. The fourth-order valence-corrected chi connectivity index (χ4v) is 2.52. The summed E-state index contributed by atoms with van der Waals surface area (Å²) in [6, 6.07) is 6.36. The Hall–Kier alpha value is -1.39. The van der Waals surface area contributed by atoms with E-state index in [2.05, 4.69) is 41.4 Å². The molecule has 21 heavy (non-hydrogen) atoms. The van der Waals surface area contributed by atoms with Crippen molar-refractivity contribution >= 4 is 11.6 Å². The third-order valence-electron chi connectivity index (χ3n) is 3.55. The van der Waals surface area contributed by atoms with E-state index in [0.717, 1.165) is 29.4 Å². The summed E-state index contributed by atoms with van der Waals surface area (Å²) < 4.78 is 2.00. The van der Waals surface area contributed by atoms with Gasteiger partial charge in [-0.05, 0) is 37.1 Å². The molecule has 0 aliphatic rings. The Morgan fingerprint density at radius 2 is 2.10 bits per heavy atom. The Morgan fingerprint density at radius 3 is 2.71 bits per heavy atom. The Morgan fingerprint density at radius 1 is 1.33 bits per heavy atom. The predicted molar refractivity (Wildman–Crippen MR) is 86.6 cm³/mol. The SMILES string of the molecule is CNC(Cc1ncnn1CC(C)C)c1ccc(Cl)c(C)c1. The van der Waals surface area contributed by atoms with Gasteiger partial charge in [-0.3, -0.25) is 0 Å². The number of nitrogens with zero attached hydrogens (tertiary/aromatic N) is 3. The maximum Gasteiger partial charge on any atom is 0.138 e. The van der Waals surface area contributed by atoms with Gasteiger partial charge in [-0.25, -0.2) is 9.67 Å². The van der Waals surface area contributed by atoms with Gasteiger partial charge in [-0.1, -0.05) is 37.6 Å². The minimum atomic E-state index is 0.205. The molecule has 0 saturated heterocycles. The van der Waals surface area contributed by atoms with Crippen molar-refractivity contribution in [2.45, 2.75) is 39.8 Å². The first-order chi connectivity index (χ1) is 10.0. The monoisotopic (exact) mass is 306 g/mol. The average molecular weight is 307 g/mol. The molecule has 2 rings (SSSR count). The summed E-state index contributed by atoms with van der Waals surface area (Å²) in [6.45, 7) is 7.29. The van der Waals surface area contributed by atoms with Gasteiger partial charge in [0.05, 0.1) is 0 Å².